The minimum Gasteiger partial charge on any atom is -0.363 e. The van der Waals surface area contributed by atoms with Crippen LogP contribution < -0.4 is 5.69 Å². The van der Waals surface area contributed by atoms with Crippen LogP contribution in [0, 0.1) is 0 Å². The molecule has 0 aromatic carbocycles. The van der Waals surface area contributed by atoms with Crippen molar-refractivity contribution in [3.63, 3.8) is 0 Å². The molecule has 0 N–H and O–H groups in total. The van der Waals surface area contributed by atoms with E-state index in [2.05, 4.69) is 17.0 Å². The molecule has 134 valence electrons. The van der Waals surface area contributed by atoms with Gasteiger partial charge in [0.1, 0.15) is 17.9 Å². The molecule has 0 bridgehead atoms. The summed E-state index contributed by atoms with van der Waals surface area (Å²) in [5.41, 5.74) is -0.121. The minimum absolute atomic E-state index is 0.0524. The van der Waals surface area contributed by atoms with Crippen molar-refractivity contribution in [2.45, 2.75) is 44.9 Å². The van der Waals surface area contributed by atoms with E-state index in [1.807, 2.05) is 5.38 Å². The van der Waals surface area contributed by atoms with Crippen LogP contribution in [-0.2, 0) is 31.4 Å². The Morgan fingerprint density at radius 1 is 1.44 bits per heavy atom. The van der Waals surface area contributed by atoms with Crippen LogP contribution in [0.2, 0.25) is 0 Å². The molecule has 1 unspecified atom stereocenters. The molecule has 1 saturated heterocycles. The normalized spacial score (nSPS) is 22.6. The second kappa shape index (κ2) is 6.06. The molecule has 1 spiro atoms. The van der Waals surface area contributed by atoms with Gasteiger partial charge < -0.3 is 9.64 Å². The summed E-state index contributed by atoms with van der Waals surface area (Å²) in [6.07, 6.45) is 2.63. The van der Waals surface area contributed by atoms with Crippen molar-refractivity contribution in [3.8, 4) is 0 Å². The highest BCUT2D eigenvalue weighted by atomic mass is 32.1. The van der Waals surface area contributed by atoms with Crippen LogP contribution >= 0.6 is 11.3 Å². The first kappa shape index (κ1) is 16.5. The molecule has 2 aromatic heterocycles. The molecule has 4 heterocycles. The van der Waals surface area contributed by atoms with E-state index >= 15 is 0 Å². The van der Waals surface area contributed by atoms with Gasteiger partial charge in [-0.25, -0.2) is 14.5 Å². The maximum absolute atomic E-state index is 12.7. The van der Waals surface area contributed by atoms with Gasteiger partial charge in [0.25, 0.3) is 5.91 Å². The Hall–Kier alpha value is -2.00. The van der Waals surface area contributed by atoms with Gasteiger partial charge in [-0.05, 0) is 19.3 Å². The quantitative estimate of drug-likeness (QED) is 0.806. The lowest BCUT2D eigenvalue weighted by Crippen LogP contribution is -2.47. The second-order valence-electron chi connectivity index (χ2n) is 6.73. The van der Waals surface area contributed by atoms with Crippen molar-refractivity contribution in [1.29, 1.82) is 0 Å². The van der Waals surface area contributed by atoms with Crippen LogP contribution in [0.15, 0.2) is 10.2 Å². The van der Waals surface area contributed by atoms with Crippen LogP contribution in [0.25, 0.3) is 0 Å². The molecule has 4 rings (SSSR count). The van der Waals surface area contributed by atoms with E-state index < -0.39 is 5.60 Å². The van der Waals surface area contributed by atoms with Crippen LogP contribution in [0.4, 0.5) is 0 Å². The maximum atomic E-state index is 12.7. The summed E-state index contributed by atoms with van der Waals surface area (Å²) in [7, 11) is 1.64. The Kier molecular flexibility index (Phi) is 3.99. The number of carbonyl (C=O) groups excluding carboxylic acids is 1. The SMILES string of the molecule is CCCc1nc(C(=O)N2CCC3(C2)Cn2c(nn(C)c2=O)CO3)cs1. The van der Waals surface area contributed by atoms with Crippen LogP contribution in [0.1, 0.15) is 41.1 Å². The molecule has 2 aromatic rings. The van der Waals surface area contributed by atoms with E-state index in [9.17, 15) is 9.59 Å². The smallest absolute Gasteiger partial charge is 0.345 e. The number of likely N-dealkylation sites (tertiary alicyclic amines) is 1. The summed E-state index contributed by atoms with van der Waals surface area (Å²) in [6.45, 7) is 3.94. The molecule has 8 nitrogen and oxygen atoms in total. The second-order valence-corrected chi connectivity index (χ2v) is 7.68. The number of thiazole rings is 1. The maximum Gasteiger partial charge on any atom is 0.345 e. The van der Waals surface area contributed by atoms with Crippen LogP contribution in [0.5, 0.6) is 0 Å². The molecule has 2 aliphatic rings. The predicted octanol–water partition coefficient (Wildman–Crippen LogP) is 0.806. The van der Waals surface area contributed by atoms with E-state index in [0.29, 0.717) is 44.2 Å². The van der Waals surface area contributed by atoms with Crippen molar-refractivity contribution >= 4 is 17.2 Å². The van der Waals surface area contributed by atoms with E-state index in [-0.39, 0.29) is 11.6 Å². The first-order chi connectivity index (χ1) is 12.0. The van der Waals surface area contributed by atoms with Crippen LogP contribution in [-0.4, -0.2) is 48.8 Å². The lowest BCUT2D eigenvalue weighted by molar-refractivity contribution is -0.0816. The molecule has 0 radical (unpaired) electrons. The summed E-state index contributed by atoms with van der Waals surface area (Å²) in [5.74, 6) is 0.593. The lowest BCUT2D eigenvalue weighted by atomic mass is 10.0. The number of nitrogens with zero attached hydrogens (tertiary/aromatic N) is 5. The monoisotopic (exact) mass is 363 g/mol. The van der Waals surface area contributed by atoms with Gasteiger partial charge in [0, 0.05) is 19.0 Å². The Bertz CT molecular complexity index is 869. The number of aryl methyl sites for hydroxylation is 2. The van der Waals surface area contributed by atoms with Gasteiger partial charge >= 0.3 is 5.69 Å². The number of hydrogen-bond donors (Lipinski definition) is 0. The topological polar surface area (TPSA) is 82.3 Å². The van der Waals surface area contributed by atoms with Crippen molar-refractivity contribution in [1.82, 2.24) is 24.2 Å². The fourth-order valence-corrected chi connectivity index (χ4v) is 4.41. The number of aromatic nitrogens is 4. The highest BCUT2D eigenvalue weighted by Gasteiger charge is 2.45. The molecule has 9 heteroatoms. The van der Waals surface area contributed by atoms with Crippen molar-refractivity contribution < 1.29 is 9.53 Å². The Morgan fingerprint density at radius 2 is 2.28 bits per heavy atom. The third kappa shape index (κ3) is 2.81. The molecule has 2 aliphatic heterocycles. The average Bonchev–Trinajstić information content (AvgIpc) is 3.29. The number of hydrogen-bond acceptors (Lipinski definition) is 6. The van der Waals surface area contributed by atoms with E-state index in [4.69, 9.17) is 4.74 Å². The zero-order valence-corrected chi connectivity index (χ0v) is 15.2. The zero-order chi connectivity index (χ0) is 17.6. The summed E-state index contributed by atoms with van der Waals surface area (Å²) in [4.78, 5) is 31.1. The van der Waals surface area contributed by atoms with E-state index in [0.717, 1.165) is 17.8 Å². The number of amides is 1. The van der Waals surface area contributed by atoms with E-state index in [1.54, 1.807) is 16.5 Å². The molecule has 0 saturated carbocycles. The lowest BCUT2D eigenvalue weighted by Gasteiger charge is -2.33. The van der Waals surface area contributed by atoms with Gasteiger partial charge in [0.15, 0.2) is 5.82 Å². The van der Waals surface area contributed by atoms with E-state index in [1.165, 1.54) is 16.0 Å². The number of fused-ring (bicyclic) bond motifs is 1. The summed E-state index contributed by atoms with van der Waals surface area (Å²) in [5, 5.41) is 7.02. The Labute approximate surface area is 149 Å². The standard InChI is InChI=1S/C16H21N5O3S/c1-3-4-13-17-11(8-25-13)14(22)20-6-5-16(9-20)10-21-12(7-24-16)18-19(2)15(21)23/h8H,3-7,9-10H2,1-2H3. The van der Waals surface area contributed by atoms with Crippen LogP contribution in [0.3, 0.4) is 0 Å². The molecule has 0 aliphatic carbocycles. The summed E-state index contributed by atoms with van der Waals surface area (Å²) < 4.78 is 9.03. The zero-order valence-electron chi connectivity index (χ0n) is 14.4. The molecule has 1 fully saturated rings. The molecule has 1 atom stereocenters. The van der Waals surface area contributed by atoms with Crippen molar-refractivity contribution in [3.05, 3.63) is 32.4 Å². The third-order valence-electron chi connectivity index (χ3n) is 4.88. The van der Waals surface area contributed by atoms with Gasteiger partial charge in [0.05, 0.1) is 18.1 Å². The van der Waals surface area contributed by atoms with Gasteiger partial charge in [-0.2, -0.15) is 5.10 Å². The molecular formula is C16H21N5O3S. The first-order valence-electron chi connectivity index (χ1n) is 8.52. The minimum atomic E-state index is -0.502. The number of carbonyl (C=O) groups is 1. The number of ether oxygens (including phenoxy) is 1. The molecule has 1 amide bonds. The van der Waals surface area contributed by atoms with Gasteiger partial charge in [-0.15, -0.1) is 11.3 Å². The average molecular weight is 363 g/mol. The highest BCUT2D eigenvalue weighted by molar-refractivity contribution is 7.09. The first-order valence-corrected chi connectivity index (χ1v) is 9.40. The fraction of sp³-hybridized carbons (Fsp3) is 0.625. The number of rotatable bonds is 3. The predicted molar refractivity (Wildman–Crippen MR) is 91.6 cm³/mol. The van der Waals surface area contributed by atoms with Crippen molar-refractivity contribution in [2.75, 3.05) is 13.1 Å². The van der Waals surface area contributed by atoms with Crippen molar-refractivity contribution in [2.24, 2.45) is 7.05 Å². The fourth-order valence-electron chi connectivity index (χ4n) is 3.54. The Morgan fingerprint density at radius 3 is 3.08 bits per heavy atom. The van der Waals surface area contributed by atoms with Gasteiger partial charge in [-0.3, -0.25) is 9.36 Å². The molecular weight excluding hydrogens is 342 g/mol. The van der Waals surface area contributed by atoms with Gasteiger partial charge in [-0.1, -0.05) is 6.92 Å². The highest BCUT2D eigenvalue weighted by Crippen LogP contribution is 2.32. The largest absolute Gasteiger partial charge is 0.363 e. The molecule has 25 heavy (non-hydrogen) atoms. The summed E-state index contributed by atoms with van der Waals surface area (Å²) >= 11 is 1.54. The Balaban J connectivity index is 1.50. The third-order valence-corrected chi connectivity index (χ3v) is 5.79. The summed E-state index contributed by atoms with van der Waals surface area (Å²) in [6, 6.07) is 0. The van der Waals surface area contributed by atoms with Gasteiger partial charge in [0.2, 0.25) is 0 Å².